The third-order valence-corrected chi connectivity index (χ3v) is 6.57. The number of aromatic nitrogens is 2. The third kappa shape index (κ3) is 4.92. The number of nitrogens with one attached hydrogen (secondary N) is 1. The summed E-state index contributed by atoms with van der Waals surface area (Å²) >= 11 is 0. The molecule has 2 aromatic heterocycles. The molecule has 2 aliphatic rings. The SMILES string of the molecule is Cc1cc(N(C(N)=O)C2CCC(Nc3nc4c(c(N(C)C)n3)CCCC4)CC2)c(C(F)(F)F)o1. The van der Waals surface area contributed by atoms with Gasteiger partial charge in [-0.25, -0.2) is 9.78 Å². The lowest BCUT2D eigenvalue weighted by molar-refractivity contribution is -0.152. The van der Waals surface area contributed by atoms with Crippen molar-refractivity contribution in [3.8, 4) is 0 Å². The van der Waals surface area contributed by atoms with E-state index in [4.69, 9.17) is 20.1 Å². The minimum absolute atomic E-state index is 0.0517. The average molecular weight is 481 g/mol. The van der Waals surface area contributed by atoms with Gasteiger partial charge in [-0.2, -0.15) is 18.2 Å². The van der Waals surface area contributed by atoms with Crippen LogP contribution in [0.2, 0.25) is 0 Å². The second-order valence-electron chi connectivity index (χ2n) is 9.32. The van der Waals surface area contributed by atoms with Crippen LogP contribution in [0, 0.1) is 6.92 Å². The van der Waals surface area contributed by atoms with Crippen LogP contribution in [0.4, 0.5) is 35.4 Å². The second-order valence-corrected chi connectivity index (χ2v) is 9.32. The lowest BCUT2D eigenvalue weighted by atomic mass is 9.90. The van der Waals surface area contributed by atoms with Gasteiger partial charge in [0.2, 0.25) is 11.7 Å². The number of urea groups is 1. The van der Waals surface area contributed by atoms with Crippen molar-refractivity contribution >= 4 is 23.5 Å². The molecule has 0 aromatic carbocycles. The number of hydrogen-bond acceptors (Lipinski definition) is 6. The van der Waals surface area contributed by atoms with Crippen molar-refractivity contribution < 1.29 is 22.4 Å². The molecular formula is C23H31F3N6O2. The predicted octanol–water partition coefficient (Wildman–Crippen LogP) is 4.65. The van der Waals surface area contributed by atoms with Crippen LogP contribution in [-0.2, 0) is 19.0 Å². The van der Waals surface area contributed by atoms with Crippen molar-refractivity contribution in [3.63, 3.8) is 0 Å². The number of carbonyl (C=O) groups excluding carboxylic acids is 1. The molecule has 1 saturated carbocycles. The summed E-state index contributed by atoms with van der Waals surface area (Å²) in [5, 5.41) is 3.41. The number of amides is 2. The monoisotopic (exact) mass is 480 g/mol. The largest absolute Gasteiger partial charge is 0.455 e. The average Bonchev–Trinajstić information content (AvgIpc) is 3.16. The zero-order valence-corrected chi connectivity index (χ0v) is 19.7. The molecule has 186 valence electrons. The van der Waals surface area contributed by atoms with E-state index in [0.717, 1.165) is 42.1 Å². The zero-order chi connectivity index (χ0) is 24.6. The van der Waals surface area contributed by atoms with E-state index in [0.29, 0.717) is 31.6 Å². The van der Waals surface area contributed by atoms with Gasteiger partial charge in [-0.3, -0.25) is 4.90 Å². The molecule has 0 unspecified atom stereocenters. The molecule has 0 bridgehead atoms. The molecule has 2 amide bonds. The number of rotatable bonds is 5. The number of fused-ring (bicyclic) bond motifs is 1. The molecule has 0 saturated heterocycles. The van der Waals surface area contributed by atoms with Crippen LogP contribution in [0.3, 0.4) is 0 Å². The number of halogens is 3. The number of furan rings is 1. The molecule has 2 heterocycles. The van der Waals surface area contributed by atoms with E-state index < -0.39 is 24.0 Å². The minimum atomic E-state index is -4.72. The number of hydrogen-bond donors (Lipinski definition) is 2. The molecule has 2 aromatic rings. The Kier molecular flexibility index (Phi) is 6.64. The first-order valence-electron chi connectivity index (χ1n) is 11.6. The minimum Gasteiger partial charge on any atom is -0.455 e. The Morgan fingerprint density at radius 2 is 1.82 bits per heavy atom. The van der Waals surface area contributed by atoms with Gasteiger partial charge in [0.05, 0.1) is 11.4 Å². The summed E-state index contributed by atoms with van der Waals surface area (Å²) in [5.41, 5.74) is 7.50. The summed E-state index contributed by atoms with van der Waals surface area (Å²) in [6.45, 7) is 1.42. The van der Waals surface area contributed by atoms with Crippen LogP contribution in [0.15, 0.2) is 10.5 Å². The number of primary amides is 1. The maximum atomic E-state index is 13.5. The van der Waals surface area contributed by atoms with E-state index in [1.54, 1.807) is 0 Å². The highest BCUT2D eigenvalue weighted by Gasteiger charge is 2.42. The van der Waals surface area contributed by atoms with E-state index in [9.17, 15) is 18.0 Å². The van der Waals surface area contributed by atoms with Gasteiger partial charge in [0.25, 0.3) is 0 Å². The van der Waals surface area contributed by atoms with E-state index in [1.165, 1.54) is 18.6 Å². The van der Waals surface area contributed by atoms with Crippen molar-refractivity contribution in [2.75, 3.05) is 29.2 Å². The summed E-state index contributed by atoms with van der Waals surface area (Å²) in [4.78, 5) is 24.7. The molecule has 8 nitrogen and oxygen atoms in total. The Morgan fingerprint density at radius 1 is 1.15 bits per heavy atom. The quantitative estimate of drug-likeness (QED) is 0.646. The molecular weight excluding hydrogens is 449 g/mol. The topological polar surface area (TPSA) is 101 Å². The van der Waals surface area contributed by atoms with Crippen LogP contribution in [0.25, 0.3) is 0 Å². The summed E-state index contributed by atoms with van der Waals surface area (Å²) in [6, 6.07) is -0.0932. The number of carbonyl (C=O) groups is 1. The second kappa shape index (κ2) is 9.34. The standard InChI is InChI=1S/C23H31F3N6O2/c1-13-12-18(19(34-13)23(24,25)26)32(21(27)33)15-10-8-14(9-11-15)28-22-29-17-7-5-4-6-16(17)20(30-22)31(2)3/h12,14-15H,4-11H2,1-3H3,(H2,27,33)(H,28,29,30). The lowest BCUT2D eigenvalue weighted by Crippen LogP contribution is -2.47. The fraction of sp³-hybridized carbons (Fsp3) is 0.609. The lowest BCUT2D eigenvalue weighted by Gasteiger charge is -2.36. The molecule has 4 rings (SSSR count). The highest BCUT2D eigenvalue weighted by atomic mass is 19.4. The summed E-state index contributed by atoms with van der Waals surface area (Å²) in [7, 11) is 3.94. The Hall–Kier alpha value is -2.98. The first-order valence-corrected chi connectivity index (χ1v) is 11.6. The van der Waals surface area contributed by atoms with E-state index in [-0.39, 0.29) is 17.5 Å². The Balaban J connectivity index is 1.48. The maximum absolute atomic E-state index is 13.5. The first kappa shape index (κ1) is 24.2. The van der Waals surface area contributed by atoms with Crippen LogP contribution >= 0.6 is 0 Å². The molecule has 2 aliphatic carbocycles. The van der Waals surface area contributed by atoms with Crippen molar-refractivity contribution in [1.29, 1.82) is 0 Å². The fourth-order valence-electron chi connectivity index (χ4n) is 5.05. The first-order chi connectivity index (χ1) is 16.0. The van der Waals surface area contributed by atoms with Gasteiger partial charge in [-0.05, 0) is 58.3 Å². The van der Waals surface area contributed by atoms with Crippen LogP contribution in [0.5, 0.6) is 0 Å². The molecule has 0 spiro atoms. The Morgan fingerprint density at radius 3 is 2.44 bits per heavy atom. The number of alkyl halides is 3. The number of nitrogens with two attached hydrogens (primary N) is 1. The van der Waals surface area contributed by atoms with E-state index >= 15 is 0 Å². The van der Waals surface area contributed by atoms with Crippen molar-refractivity contribution in [2.24, 2.45) is 5.73 Å². The molecule has 0 atom stereocenters. The van der Waals surface area contributed by atoms with Crippen molar-refractivity contribution in [3.05, 3.63) is 28.8 Å². The highest BCUT2D eigenvalue weighted by molar-refractivity contribution is 5.92. The molecule has 3 N–H and O–H groups in total. The van der Waals surface area contributed by atoms with Gasteiger partial charge >= 0.3 is 12.2 Å². The summed E-state index contributed by atoms with van der Waals surface area (Å²) in [6.07, 6.45) is 1.71. The van der Waals surface area contributed by atoms with Crippen molar-refractivity contribution in [2.45, 2.75) is 76.6 Å². The van der Waals surface area contributed by atoms with Gasteiger partial charge in [0.1, 0.15) is 11.6 Å². The van der Waals surface area contributed by atoms with Crippen LogP contribution in [-0.4, -0.2) is 42.2 Å². The molecule has 1 fully saturated rings. The van der Waals surface area contributed by atoms with E-state index in [2.05, 4.69) is 5.32 Å². The van der Waals surface area contributed by atoms with Gasteiger partial charge < -0.3 is 20.4 Å². The number of nitrogens with zero attached hydrogens (tertiary/aromatic N) is 4. The predicted molar refractivity (Wildman–Crippen MR) is 123 cm³/mol. The molecule has 11 heteroatoms. The Bertz CT molecular complexity index is 1040. The van der Waals surface area contributed by atoms with Crippen molar-refractivity contribution in [1.82, 2.24) is 9.97 Å². The molecule has 34 heavy (non-hydrogen) atoms. The normalized spacial score (nSPS) is 20.5. The maximum Gasteiger partial charge on any atom is 0.451 e. The van der Waals surface area contributed by atoms with Gasteiger partial charge in [-0.15, -0.1) is 0 Å². The molecule has 0 aliphatic heterocycles. The number of anilines is 3. The highest BCUT2D eigenvalue weighted by Crippen LogP contribution is 2.41. The Labute approximate surface area is 196 Å². The third-order valence-electron chi connectivity index (χ3n) is 6.57. The van der Waals surface area contributed by atoms with E-state index in [1.807, 2.05) is 19.0 Å². The van der Waals surface area contributed by atoms with Gasteiger partial charge in [-0.1, -0.05) is 0 Å². The zero-order valence-electron chi connectivity index (χ0n) is 19.7. The van der Waals surface area contributed by atoms with Crippen LogP contribution < -0.4 is 20.9 Å². The van der Waals surface area contributed by atoms with Gasteiger partial charge in [0, 0.05) is 37.8 Å². The smallest absolute Gasteiger partial charge is 0.451 e. The van der Waals surface area contributed by atoms with Crippen LogP contribution in [0.1, 0.15) is 61.3 Å². The van der Waals surface area contributed by atoms with Gasteiger partial charge in [0.15, 0.2) is 0 Å². The summed E-state index contributed by atoms with van der Waals surface area (Å²) in [5.74, 6) is 0.382. The molecule has 0 radical (unpaired) electrons. The fourth-order valence-corrected chi connectivity index (χ4v) is 5.05. The summed E-state index contributed by atoms with van der Waals surface area (Å²) < 4.78 is 45.3. The number of aryl methyl sites for hydroxylation is 2.